The minimum Gasteiger partial charge on any atom is -0.508 e. The van der Waals surface area contributed by atoms with Crippen molar-refractivity contribution in [2.45, 2.75) is 81.3 Å². The molecule has 0 saturated heterocycles. The Hall–Kier alpha value is -4.65. The summed E-state index contributed by atoms with van der Waals surface area (Å²) in [5, 5.41) is 49.7. The molecule has 0 radical (unpaired) electrons. The molecule has 17 nitrogen and oxygen atoms in total. The van der Waals surface area contributed by atoms with Crippen molar-refractivity contribution in [1.29, 1.82) is 0 Å². The van der Waals surface area contributed by atoms with Crippen LogP contribution in [0.25, 0.3) is 11.1 Å². The Bertz CT molecular complexity index is 1610. The summed E-state index contributed by atoms with van der Waals surface area (Å²) < 4.78 is 0. The summed E-state index contributed by atoms with van der Waals surface area (Å²) in [5.41, 5.74) is 3.03. The van der Waals surface area contributed by atoms with E-state index in [1.807, 2.05) is 30.3 Å². The molecular weight excluding hydrogens is 733 g/mol. The third-order valence-corrected chi connectivity index (χ3v) is 10.0. The zero-order valence-electron chi connectivity index (χ0n) is 33.9. The van der Waals surface area contributed by atoms with Gasteiger partial charge in [-0.25, -0.2) is 0 Å². The summed E-state index contributed by atoms with van der Waals surface area (Å²) in [6, 6.07) is 9.06. The first-order valence-corrected chi connectivity index (χ1v) is 19.8. The van der Waals surface area contributed by atoms with Crippen LogP contribution in [0.3, 0.4) is 0 Å². The molecule has 0 fully saturated rings. The van der Waals surface area contributed by atoms with E-state index in [2.05, 4.69) is 53.2 Å². The number of hydrogen-bond donors (Lipinski definition) is 12. The van der Waals surface area contributed by atoms with Crippen molar-refractivity contribution in [2.75, 3.05) is 68.0 Å². The van der Waals surface area contributed by atoms with Crippen molar-refractivity contribution in [1.82, 2.24) is 53.2 Å². The molecule has 12 N–H and O–H groups in total. The Morgan fingerprint density at radius 3 is 2.18 bits per heavy atom. The number of rotatable bonds is 21. The number of phenols is 1. The minimum absolute atomic E-state index is 0.0588. The largest absolute Gasteiger partial charge is 0.508 e. The van der Waals surface area contributed by atoms with Gasteiger partial charge in [-0.1, -0.05) is 30.3 Å². The van der Waals surface area contributed by atoms with Crippen molar-refractivity contribution in [2.24, 2.45) is 0 Å². The number of carbonyl (C=O) groups excluding carboxylic acids is 5. The summed E-state index contributed by atoms with van der Waals surface area (Å²) in [4.78, 5) is 66.8. The van der Waals surface area contributed by atoms with Gasteiger partial charge in [0.05, 0.1) is 24.2 Å². The normalized spacial score (nSPS) is 18.8. The molecule has 5 amide bonds. The fourth-order valence-corrected chi connectivity index (χ4v) is 6.66. The molecular formula is C40H64N10O7. The summed E-state index contributed by atoms with van der Waals surface area (Å²) in [6.07, 6.45) is 1.81. The molecule has 0 aromatic heterocycles. The highest BCUT2D eigenvalue weighted by molar-refractivity contribution is 5.93. The molecule has 1 aliphatic rings. The molecule has 0 saturated carbocycles. The van der Waals surface area contributed by atoms with Gasteiger partial charge in [0.1, 0.15) is 17.8 Å². The maximum atomic E-state index is 13.9. The number of benzene rings is 2. The fourth-order valence-electron chi connectivity index (χ4n) is 6.66. The molecule has 17 heteroatoms. The van der Waals surface area contributed by atoms with Gasteiger partial charge >= 0.3 is 0 Å². The predicted molar refractivity (Wildman–Crippen MR) is 219 cm³/mol. The van der Waals surface area contributed by atoms with Crippen LogP contribution in [0.2, 0.25) is 0 Å². The van der Waals surface area contributed by atoms with Crippen molar-refractivity contribution in [3.63, 3.8) is 0 Å². The summed E-state index contributed by atoms with van der Waals surface area (Å²) >= 11 is 0. The van der Waals surface area contributed by atoms with E-state index in [0.717, 1.165) is 16.7 Å². The zero-order valence-corrected chi connectivity index (χ0v) is 33.9. The van der Waals surface area contributed by atoms with E-state index in [-0.39, 0.29) is 49.9 Å². The van der Waals surface area contributed by atoms with Gasteiger partial charge in [-0.2, -0.15) is 0 Å². The Labute approximate surface area is 336 Å². The number of carbonyl (C=O) groups is 5. The van der Waals surface area contributed by atoms with Crippen LogP contribution >= 0.6 is 0 Å². The van der Waals surface area contributed by atoms with Gasteiger partial charge in [-0.3, -0.25) is 24.0 Å². The first-order valence-electron chi connectivity index (χ1n) is 19.8. The van der Waals surface area contributed by atoms with Crippen molar-refractivity contribution < 1.29 is 34.2 Å². The van der Waals surface area contributed by atoms with Crippen LogP contribution in [0, 0.1) is 0 Å². The number of hydrogen-bond acceptors (Lipinski definition) is 12. The molecule has 6 atom stereocenters. The van der Waals surface area contributed by atoms with E-state index >= 15 is 0 Å². The lowest BCUT2D eigenvalue weighted by atomic mass is 9.96. The SMILES string of the molecule is CNCCC[C@@H]1NC(=O)[C@@H](NC)Cc2cc(ccc2O)-c2cccc(c2)C[C@@H](C(=O)NCC[C@H](NC)C(=O)NCCC[C@H](NC)C(=O)NCC(O)CNC)NC1=O. The van der Waals surface area contributed by atoms with Gasteiger partial charge in [-0.05, 0) is 108 Å². The molecule has 316 valence electrons. The highest BCUT2D eigenvalue weighted by Crippen LogP contribution is 2.28. The van der Waals surface area contributed by atoms with E-state index in [9.17, 15) is 34.2 Å². The van der Waals surface area contributed by atoms with E-state index in [1.54, 1.807) is 47.4 Å². The van der Waals surface area contributed by atoms with Crippen molar-refractivity contribution >= 4 is 29.5 Å². The number of likely N-dealkylation sites (N-methyl/N-ethyl adjacent to an activating group) is 4. The molecule has 1 heterocycles. The smallest absolute Gasteiger partial charge is 0.243 e. The van der Waals surface area contributed by atoms with Crippen LogP contribution in [0.15, 0.2) is 42.5 Å². The average Bonchev–Trinajstić information content (AvgIpc) is 3.20. The Morgan fingerprint density at radius 1 is 0.754 bits per heavy atom. The lowest BCUT2D eigenvalue weighted by molar-refractivity contribution is -0.132. The molecule has 57 heavy (non-hydrogen) atoms. The van der Waals surface area contributed by atoms with E-state index < -0.39 is 54.0 Å². The quantitative estimate of drug-likeness (QED) is 0.0614. The van der Waals surface area contributed by atoms with E-state index in [1.165, 1.54) is 0 Å². The second-order valence-electron chi connectivity index (χ2n) is 14.3. The first-order chi connectivity index (χ1) is 27.4. The number of fused-ring (bicyclic) bond motifs is 5. The Morgan fingerprint density at radius 2 is 1.47 bits per heavy atom. The minimum atomic E-state index is -0.997. The summed E-state index contributed by atoms with van der Waals surface area (Å²) in [6.45, 7) is 1.57. The molecule has 4 bridgehead atoms. The van der Waals surface area contributed by atoms with E-state index in [4.69, 9.17) is 0 Å². The maximum Gasteiger partial charge on any atom is 0.243 e. The van der Waals surface area contributed by atoms with Crippen LogP contribution in [0.4, 0.5) is 0 Å². The highest BCUT2D eigenvalue weighted by atomic mass is 16.3. The molecule has 1 aliphatic heterocycles. The van der Waals surface area contributed by atoms with Crippen molar-refractivity contribution in [3.8, 4) is 16.9 Å². The number of phenolic OH excluding ortho intramolecular Hbond substituents is 1. The summed E-state index contributed by atoms with van der Waals surface area (Å²) in [5.74, 6) is -1.79. The fraction of sp³-hybridized carbons (Fsp3) is 0.575. The number of aliphatic hydroxyl groups excluding tert-OH is 1. The third kappa shape index (κ3) is 15.3. The zero-order chi connectivity index (χ0) is 41.7. The maximum absolute atomic E-state index is 13.9. The van der Waals surface area contributed by atoms with Crippen LogP contribution < -0.4 is 53.2 Å². The Balaban J connectivity index is 1.69. The van der Waals surface area contributed by atoms with Gasteiger partial charge in [0.25, 0.3) is 0 Å². The van der Waals surface area contributed by atoms with Gasteiger partial charge < -0.3 is 63.4 Å². The standard InChI is InChI=1S/C40H64N10O7/c1-41-16-7-12-32-39(56)50-34(20-25-9-6-10-26(19-25)27-13-14-35(52)28(21-27)22-33(45-5)40(57)49-32)38(55)47-18-15-31(44-4)36(53)46-17-8-11-30(43-3)37(54)48-24-29(51)23-42-2/h6,9-10,13-14,19,21,29-34,41-45,51-52H,7-8,11-12,15-18,20,22-24H2,1-5H3,(H,46,53)(H,47,55)(H,48,54)(H,49,57)(H,50,56)/t29?,30-,31-,32-,33-,34-/m0/s1. The average molecular weight is 797 g/mol. The highest BCUT2D eigenvalue weighted by Gasteiger charge is 2.30. The monoisotopic (exact) mass is 796 g/mol. The number of aromatic hydroxyl groups is 1. The summed E-state index contributed by atoms with van der Waals surface area (Å²) in [7, 11) is 8.49. The van der Waals surface area contributed by atoms with Gasteiger partial charge in [0.15, 0.2) is 0 Å². The second-order valence-corrected chi connectivity index (χ2v) is 14.3. The number of nitrogens with one attached hydrogen (secondary N) is 10. The van der Waals surface area contributed by atoms with E-state index in [0.29, 0.717) is 50.9 Å². The van der Waals surface area contributed by atoms with Crippen LogP contribution in [-0.4, -0.2) is 144 Å². The second kappa shape index (κ2) is 24.9. The molecule has 0 spiro atoms. The lowest BCUT2D eigenvalue weighted by Crippen LogP contribution is -2.57. The third-order valence-electron chi connectivity index (χ3n) is 10.0. The number of aliphatic hydroxyl groups is 1. The predicted octanol–water partition coefficient (Wildman–Crippen LogP) is -2.01. The molecule has 3 rings (SSSR count). The molecule has 1 unspecified atom stereocenters. The number of amides is 5. The molecule has 2 aromatic carbocycles. The Kier molecular flexibility index (Phi) is 20.4. The molecule has 2 aromatic rings. The van der Waals surface area contributed by atoms with Crippen LogP contribution in [0.1, 0.15) is 43.2 Å². The van der Waals surface area contributed by atoms with Crippen molar-refractivity contribution in [3.05, 3.63) is 53.6 Å². The van der Waals surface area contributed by atoms with Crippen LogP contribution in [0.5, 0.6) is 5.75 Å². The lowest BCUT2D eigenvalue weighted by Gasteiger charge is -2.25. The van der Waals surface area contributed by atoms with Crippen LogP contribution in [-0.2, 0) is 36.8 Å². The first kappa shape index (κ1) is 46.7. The van der Waals surface area contributed by atoms with Gasteiger partial charge in [0, 0.05) is 39.0 Å². The van der Waals surface area contributed by atoms with Gasteiger partial charge in [-0.15, -0.1) is 0 Å². The molecule has 0 aliphatic carbocycles. The topological polar surface area (TPSA) is 246 Å². The van der Waals surface area contributed by atoms with Gasteiger partial charge in [0.2, 0.25) is 29.5 Å².